The van der Waals surface area contributed by atoms with Gasteiger partial charge in [0.1, 0.15) is 5.75 Å². The highest BCUT2D eigenvalue weighted by Crippen LogP contribution is 2.45. The van der Waals surface area contributed by atoms with Gasteiger partial charge in [-0.05, 0) is 62.9 Å². The molecule has 2 aromatic carbocycles. The van der Waals surface area contributed by atoms with E-state index in [1.54, 1.807) is 19.2 Å². The largest absolute Gasteiger partial charge is 0.496 e. The van der Waals surface area contributed by atoms with Gasteiger partial charge in [0.15, 0.2) is 0 Å². The van der Waals surface area contributed by atoms with Crippen LogP contribution >= 0.6 is 23.2 Å². The van der Waals surface area contributed by atoms with Crippen LogP contribution in [0.15, 0.2) is 35.3 Å². The molecule has 1 aliphatic rings. The van der Waals surface area contributed by atoms with Gasteiger partial charge in [-0.1, -0.05) is 30.1 Å². The summed E-state index contributed by atoms with van der Waals surface area (Å²) in [6, 6.07) is 9.71. The van der Waals surface area contributed by atoms with Crippen LogP contribution < -0.4 is 9.64 Å². The van der Waals surface area contributed by atoms with Crippen LogP contribution in [-0.2, 0) is 0 Å². The molecule has 3 nitrogen and oxygen atoms in total. The molecule has 27 heavy (non-hydrogen) atoms. The van der Waals surface area contributed by atoms with Crippen molar-refractivity contribution in [3.8, 4) is 5.75 Å². The first-order valence-electron chi connectivity index (χ1n) is 9.25. The molecule has 0 N–H and O–H groups in total. The van der Waals surface area contributed by atoms with Crippen molar-refractivity contribution in [2.24, 2.45) is 4.99 Å². The van der Waals surface area contributed by atoms with Crippen LogP contribution in [0.4, 0.5) is 11.4 Å². The van der Waals surface area contributed by atoms with Crippen LogP contribution in [0.25, 0.3) is 0 Å². The maximum atomic E-state index is 6.09. The van der Waals surface area contributed by atoms with Crippen molar-refractivity contribution < 1.29 is 4.74 Å². The summed E-state index contributed by atoms with van der Waals surface area (Å²) in [4.78, 5) is 7.03. The van der Waals surface area contributed by atoms with E-state index >= 15 is 0 Å². The molecular weight excluding hydrogens is 379 g/mol. The average Bonchev–Trinajstić information content (AvgIpc) is 2.61. The number of methoxy groups -OCH3 is 1. The van der Waals surface area contributed by atoms with E-state index in [1.165, 1.54) is 11.3 Å². The van der Waals surface area contributed by atoms with Gasteiger partial charge in [-0.3, -0.25) is 4.99 Å². The van der Waals surface area contributed by atoms with Gasteiger partial charge in [0.2, 0.25) is 0 Å². The summed E-state index contributed by atoms with van der Waals surface area (Å²) in [6.07, 6.45) is 2.95. The second-order valence-electron chi connectivity index (χ2n) is 7.67. The van der Waals surface area contributed by atoms with Crippen molar-refractivity contribution in [2.45, 2.75) is 45.6 Å². The number of hydrogen-bond donors (Lipinski definition) is 0. The summed E-state index contributed by atoms with van der Waals surface area (Å²) in [5, 5.41) is 1.02. The molecule has 0 aliphatic carbocycles. The van der Waals surface area contributed by atoms with Crippen LogP contribution in [0.3, 0.4) is 0 Å². The van der Waals surface area contributed by atoms with Crippen LogP contribution in [0.5, 0.6) is 5.75 Å². The minimum absolute atomic E-state index is 0.127. The van der Waals surface area contributed by atoms with E-state index < -0.39 is 0 Å². The van der Waals surface area contributed by atoms with E-state index in [4.69, 9.17) is 27.9 Å². The third-order valence-corrected chi connectivity index (χ3v) is 6.05. The molecule has 0 spiro atoms. The van der Waals surface area contributed by atoms with Gasteiger partial charge in [0.25, 0.3) is 0 Å². The molecule has 0 amide bonds. The maximum absolute atomic E-state index is 6.09. The van der Waals surface area contributed by atoms with Crippen molar-refractivity contribution in [1.82, 2.24) is 0 Å². The zero-order valence-electron chi connectivity index (χ0n) is 16.5. The molecule has 0 aromatic heterocycles. The number of anilines is 1. The lowest BCUT2D eigenvalue weighted by molar-refractivity contribution is 0.377. The lowest BCUT2D eigenvalue weighted by atomic mass is 9.79. The van der Waals surface area contributed by atoms with E-state index in [-0.39, 0.29) is 5.54 Å². The third-order valence-electron chi connectivity index (χ3n) is 5.31. The quantitative estimate of drug-likeness (QED) is 0.519. The van der Waals surface area contributed by atoms with E-state index in [2.05, 4.69) is 49.7 Å². The van der Waals surface area contributed by atoms with Gasteiger partial charge in [0.05, 0.1) is 22.8 Å². The Labute approximate surface area is 172 Å². The van der Waals surface area contributed by atoms with Crippen molar-refractivity contribution >= 4 is 40.8 Å². The van der Waals surface area contributed by atoms with Crippen LogP contribution in [0, 0.1) is 0 Å². The number of fused-ring (bicyclic) bond motifs is 1. The first-order chi connectivity index (χ1) is 12.8. The molecule has 2 aromatic rings. The van der Waals surface area contributed by atoms with Crippen molar-refractivity contribution in [2.75, 3.05) is 18.6 Å². The second-order valence-corrected chi connectivity index (χ2v) is 8.49. The van der Waals surface area contributed by atoms with Gasteiger partial charge in [-0.2, -0.15) is 0 Å². The number of rotatable bonds is 4. The monoisotopic (exact) mass is 404 g/mol. The summed E-state index contributed by atoms with van der Waals surface area (Å²) in [6.45, 7) is 10.1. The zero-order valence-corrected chi connectivity index (χ0v) is 18.0. The average molecular weight is 405 g/mol. The van der Waals surface area contributed by atoms with Gasteiger partial charge in [-0.15, -0.1) is 0 Å². The maximum Gasteiger partial charge on any atom is 0.129 e. The van der Waals surface area contributed by atoms with E-state index in [9.17, 15) is 0 Å². The number of aliphatic imine (C=N–C) groups is 1. The number of nitrogens with zero attached hydrogens (tertiary/aromatic N) is 2. The smallest absolute Gasteiger partial charge is 0.129 e. The standard InChI is InChI=1S/C22H26Cl2N2O/c1-6-26-20-11-21(27-5)15(9-17(20)14(2)12-22(26,3)4)13-25-16-7-8-18(23)19(24)10-16/h7-11,13-14H,6,12H2,1-5H3. The SMILES string of the molecule is CCN1c2cc(OC)c(C=Nc3ccc(Cl)c(Cl)c3)cc2C(C)CC1(C)C. The molecule has 1 heterocycles. The number of halogens is 2. The molecule has 5 heteroatoms. The summed E-state index contributed by atoms with van der Waals surface area (Å²) in [7, 11) is 1.70. The molecule has 0 bridgehead atoms. The molecule has 1 atom stereocenters. The number of benzene rings is 2. The van der Waals surface area contributed by atoms with Gasteiger partial charge in [0, 0.05) is 35.6 Å². The predicted octanol–water partition coefficient (Wildman–Crippen LogP) is 6.86. The lowest BCUT2D eigenvalue weighted by Crippen LogP contribution is -2.48. The van der Waals surface area contributed by atoms with Crippen LogP contribution in [-0.4, -0.2) is 25.4 Å². The summed E-state index contributed by atoms with van der Waals surface area (Å²) >= 11 is 12.1. The molecule has 1 unspecified atom stereocenters. The minimum atomic E-state index is 0.127. The lowest BCUT2D eigenvalue weighted by Gasteiger charge is -2.47. The van der Waals surface area contributed by atoms with E-state index in [0.717, 1.165) is 30.0 Å². The minimum Gasteiger partial charge on any atom is -0.496 e. The normalized spacial score (nSPS) is 18.6. The Bertz CT molecular complexity index is 877. The van der Waals surface area contributed by atoms with Crippen LogP contribution in [0.1, 0.15) is 51.2 Å². The number of ether oxygens (including phenoxy) is 1. The highest BCUT2D eigenvalue weighted by molar-refractivity contribution is 6.42. The summed E-state index contributed by atoms with van der Waals surface area (Å²) < 4.78 is 5.67. The topological polar surface area (TPSA) is 24.8 Å². The molecule has 3 rings (SSSR count). The first-order valence-corrected chi connectivity index (χ1v) is 10.0. The van der Waals surface area contributed by atoms with Crippen molar-refractivity contribution in [3.63, 3.8) is 0 Å². The Hall–Kier alpha value is -1.71. The summed E-state index contributed by atoms with van der Waals surface area (Å²) in [5.41, 5.74) is 4.44. The summed E-state index contributed by atoms with van der Waals surface area (Å²) in [5.74, 6) is 1.29. The van der Waals surface area contributed by atoms with Gasteiger partial charge < -0.3 is 9.64 Å². The van der Waals surface area contributed by atoms with E-state index in [1.807, 2.05) is 12.3 Å². The predicted molar refractivity (Wildman–Crippen MR) is 117 cm³/mol. The number of hydrogen-bond acceptors (Lipinski definition) is 3. The Kier molecular flexibility index (Phi) is 5.73. The Balaban J connectivity index is 2.04. The Morgan fingerprint density at radius 1 is 1.22 bits per heavy atom. The fraction of sp³-hybridized carbons (Fsp3) is 0.409. The molecule has 0 fully saturated rings. The van der Waals surface area contributed by atoms with Gasteiger partial charge in [-0.25, -0.2) is 0 Å². The van der Waals surface area contributed by atoms with Crippen molar-refractivity contribution in [3.05, 3.63) is 51.5 Å². The molecule has 0 saturated heterocycles. The molecular formula is C22H26Cl2N2O. The Morgan fingerprint density at radius 3 is 2.59 bits per heavy atom. The molecule has 0 saturated carbocycles. The van der Waals surface area contributed by atoms with Crippen LogP contribution in [0.2, 0.25) is 10.0 Å². The third kappa shape index (κ3) is 3.95. The highest BCUT2D eigenvalue weighted by Gasteiger charge is 2.36. The first kappa shape index (κ1) is 20.0. The Morgan fingerprint density at radius 2 is 1.96 bits per heavy atom. The molecule has 0 radical (unpaired) electrons. The van der Waals surface area contributed by atoms with E-state index in [0.29, 0.717) is 16.0 Å². The fourth-order valence-corrected chi connectivity index (χ4v) is 4.41. The molecule has 144 valence electrons. The highest BCUT2D eigenvalue weighted by atomic mass is 35.5. The van der Waals surface area contributed by atoms with Crippen molar-refractivity contribution in [1.29, 1.82) is 0 Å². The second kappa shape index (κ2) is 7.73. The zero-order chi connectivity index (χ0) is 19.8. The fourth-order valence-electron chi connectivity index (χ4n) is 4.11. The molecule has 1 aliphatic heterocycles. The van der Waals surface area contributed by atoms with Gasteiger partial charge >= 0.3 is 0 Å².